The number of hydrogen-bond donors (Lipinski definition) is 0. The molecule has 4 heavy (non-hydrogen) atoms. The molecule has 0 rings (SSSR count). The van der Waals surface area contributed by atoms with E-state index in [9.17, 15) is 0 Å². The van der Waals surface area contributed by atoms with E-state index >= 15 is 0 Å². The zero-order valence-electron chi connectivity index (χ0n) is 1.63. The molecule has 0 atom stereocenters. The monoisotopic (exact) mass is 416 g/mol. The van der Waals surface area contributed by atoms with Gasteiger partial charge in [0.15, 0.2) is 0 Å². The quantitative estimate of drug-likeness (QED) is 0.574. The second-order valence-electron chi connectivity index (χ2n) is 0. The summed E-state index contributed by atoms with van der Waals surface area (Å²) in [7, 11) is 4.17. The summed E-state index contributed by atoms with van der Waals surface area (Å²) in [5, 5.41) is 0. The first-order valence-electron chi connectivity index (χ1n) is 0.333. The van der Waals surface area contributed by atoms with Crippen LogP contribution in [0.5, 0.6) is 0 Å². The molecule has 24 valence electrons. The molecule has 0 saturated heterocycles. The van der Waals surface area contributed by atoms with Crippen molar-refractivity contribution < 1.29 is 41.2 Å². The van der Waals surface area contributed by atoms with Gasteiger partial charge in [-0.05, 0) is 0 Å². The first kappa shape index (κ1) is 9.04. The van der Waals surface area contributed by atoms with Crippen molar-refractivity contribution in [1.82, 2.24) is 0 Å². The normalized spacial score (nSPS) is 2.00. The van der Waals surface area contributed by atoms with Crippen LogP contribution in [0.1, 0.15) is 0 Å². The van der Waals surface area contributed by atoms with Gasteiger partial charge in [-0.1, -0.05) is 0 Å². The summed E-state index contributed by atoms with van der Waals surface area (Å²) < 4.78 is 8.33. The van der Waals surface area contributed by atoms with Crippen LogP contribution >= 0.6 is 9.82 Å². The molecule has 0 saturated carbocycles. The summed E-state index contributed by atoms with van der Waals surface area (Å²) in [6, 6.07) is 0. The van der Waals surface area contributed by atoms with Crippen molar-refractivity contribution in [2.24, 2.45) is 0 Å². The molecule has 0 fully saturated rings. The summed E-state index contributed by atoms with van der Waals surface area (Å²) in [6.45, 7) is 0. The average molecular weight is 416 g/mol. The third kappa shape index (κ3) is 10.0. The van der Waals surface area contributed by atoms with E-state index in [1.807, 2.05) is 0 Å². The van der Waals surface area contributed by atoms with E-state index in [2.05, 4.69) is 9.82 Å². The van der Waals surface area contributed by atoms with Gasteiger partial charge in [-0.15, -0.1) is 0 Å². The molecule has 0 aliphatic carbocycles. The van der Waals surface area contributed by atoms with Crippen LogP contribution in [0, 0.1) is 0 Å². The molecule has 0 bridgehead atoms. The summed E-state index contributed by atoms with van der Waals surface area (Å²) in [6.07, 6.45) is 0. The van der Waals surface area contributed by atoms with Crippen LogP contribution in [0.25, 0.3) is 0 Å². The Morgan fingerprint density at radius 1 is 1.25 bits per heavy atom. The summed E-state index contributed by atoms with van der Waals surface area (Å²) in [5.74, 6) is 0. The molecule has 0 aromatic carbocycles. The van der Waals surface area contributed by atoms with E-state index in [1.165, 1.54) is 18.0 Å². The molecule has 0 aliphatic heterocycles. The second kappa shape index (κ2) is 26.0. The van der Waals surface area contributed by atoms with Gasteiger partial charge in [0.05, 0.1) is 0 Å². The van der Waals surface area contributed by atoms with E-state index in [4.69, 9.17) is 3.40 Å². The standard InChI is InChI=1S/O.S.2W. The average Bonchev–Trinajstić information content (AvgIpc) is 1.50. The predicted octanol–water partition coefficient (Wildman–Crippen LogP) is 0.524. The van der Waals surface area contributed by atoms with Crippen LogP contribution in [-0.2, 0) is 41.2 Å². The van der Waals surface area contributed by atoms with Gasteiger partial charge in [-0.3, -0.25) is 0 Å². The van der Waals surface area contributed by atoms with Gasteiger partial charge < -0.3 is 0 Å². The SMILES string of the molecule is [O]=[W].[S]=[W]. The summed E-state index contributed by atoms with van der Waals surface area (Å²) >= 11 is 1.50. The van der Waals surface area contributed by atoms with Crippen LogP contribution in [0.4, 0.5) is 0 Å². The second-order valence-corrected chi connectivity index (χ2v) is 0. The van der Waals surface area contributed by atoms with Crippen LogP contribution in [-0.4, -0.2) is 0 Å². The Morgan fingerprint density at radius 3 is 1.25 bits per heavy atom. The topological polar surface area (TPSA) is 17.1 Å². The molecule has 0 heterocycles. The summed E-state index contributed by atoms with van der Waals surface area (Å²) in [5.41, 5.74) is 0. The van der Waals surface area contributed by atoms with Crippen molar-refractivity contribution >= 4 is 9.82 Å². The maximum atomic E-state index is 8.33. The van der Waals surface area contributed by atoms with Gasteiger partial charge in [-0.25, -0.2) is 0 Å². The van der Waals surface area contributed by atoms with Crippen LogP contribution in [0.2, 0.25) is 0 Å². The van der Waals surface area contributed by atoms with Crippen LogP contribution in [0.15, 0.2) is 0 Å². The van der Waals surface area contributed by atoms with Crippen molar-refractivity contribution in [1.29, 1.82) is 0 Å². The Bertz CT molecular complexity index is 8.00. The number of hydrogen-bond acceptors (Lipinski definition) is 2. The minimum atomic E-state index is 0.333. The predicted molar refractivity (Wildman–Crippen MR) is 8.28 cm³/mol. The van der Waals surface area contributed by atoms with Crippen molar-refractivity contribution in [2.75, 3.05) is 0 Å². The Morgan fingerprint density at radius 2 is 1.25 bits per heavy atom. The molecule has 0 aliphatic rings. The molecule has 0 radical (unpaired) electrons. The molecule has 0 unspecified atom stereocenters. The van der Waals surface area contributed by atoms with E-state index in [0.717, 1.165) is 0 Å². The molecule has 0 spiro atoms. The van der Waals surface area contributed by atoms with Crippen molar-refractivity contribution in [3.63, 3.8) is 0 Å². The van der Waals surface area contributed by atoms with Gasteiger partial charge in [-0.2, -0.15) is 0 Å². The Balaban J connectivity index is 0. The molecular weight excluding hydrogens is 416 g/mol. The van der Waals surface area contributed by atoms with E-state index in [-0.39, 0.29) is 0 Å². The van der Waals surface area contributed by atoms with Crippen molar-refractivity contribution in [3.05, 3.63) is 0 Å². The Kier molecular flexibility index (Phi) is 58.8. The fourth-order valence-corrected chi connectivity index (χ4v) is 0. The van der Waals surface area contributed by atoms with E-state index < -0.39 is 0 Å². The molecule has 0 amide bonds. The fourth-order valence-electron chi connectivity index (χ4n) is 0. The first-order chi connectivity index (χ1) is 2.00. The van der Waals surface area contributed by atoms with Gasteiger partial charge in [0.25, 0.3) is 0 Å². The minimum absolute atomic E-state index is 0.333. The third-order valence-corrected chi connectivity index (χ3v) is 0. The Hall–Kier alpha value is 1.40. The molecule has 4 heteroatoms. The zero-order valence-corrected chi connectivity index (χ0v) is 8.32. The van der Waals surface area contributed by atoms with Crippen molar-refractivity contribution in [3.8, 4) is 0 Å². The number of rotatable bonds is 0. The Labute approximate surface area is 50.7 Å². The van der Waals surface area contributed by atoms with Crippen LogP contribution in [0.3, 0.4) is 0 Å². The molecule has 0 aromatic heterocycles. The summed E-state index contributed by atoms with van der Waals surface area (Å²) in [4.78, 5) is 0. The third-order valence-electron chi connectivity index (χ3n) is 0. The molecule has 1 nitrogen and oxygen atoms in total. The van der Waals surface area contributed by atoms with Gasteiger partial charge >= 0.3 is 51.0 Å². The van der Waals surface area contributed by atoms with Gasteiger partial charge in [0.1, 0.15) is 0 Å². The van der Waals surface area contributed by atoms with Crippen LogP contribution < -0.4 is 0 Å². The molecule has 0 aromatic rings. The van der Waals surface area contributed by atoms with E-state index in [0.29, 0.717) is 19.8 Å². The van der Waals surface area contributed by atoms with Gasteiger partial charge in [0, 0.05) is 0 Å². The van der Waals surface area contributed by atoms with Crippen molar-refractivity contribution in [2.45, 2.75) is 0 Å². The molecular formula is OSW2. The molecule has 0 N–H and O–H groups in total. The van der Waals surface area contributed by atoms with E-state index in [1.54, 1.807) is 0 Å². The first-order valence-corrected chi connectivity index (χ1v) is 5.46. The zero-order chi connectivity index (χ0) is 4.00. The fraction of sp³-hybridized carbons (Fsp3) is 0. The van der Waals surface area contributed by atoms with Gasteiger partial charge in [0.2, 0.25) is 0 Å². The maximum absolute atomic E-state index is 8.33.